The summed E-state index contributed by atoms with van der Waals surface area (Å²) in [6.45, 7) is 8.71. The fourth-order valence-corrected chi connectivity index (χ4v) is 3.03. The molecule has 1 unspecified atom stereocenters. The minimum atomic E-state index is -0.894. The second-order valence-corrected chi connectivity index (χ2v) is 5.71. The van der Waals surface area contributed by atoms with Crippen molar-refractivity contribution in [3.63, 3.8) is 0 Å². The zero-order valence-corrected chi connectivity index (χ0v) is 12.7. The first-order chi connectivity index (χ1) is 9.40. The standard InChI is InChI=1S/C15H23N3O2/c1-10-8-13(14(15(19)20)12(3)16-10)18-7-5-6-17(4)9-11(18)2/h8,11H,5-7,9H2,1-4H3,(H,19,20). The van der Waals surface area contributed by atoms with Crippen molar-refractivity contribution in [3.05, 3.63) is 23.0 Å². The van der Waals surface area contributed by atoms with Crippen LogP contribution in [0.3, 0.4) is 0 Å². The second kappa shape index (κ2) is 5.79. The Morgan fingerprint density at radius 3 is 2.75 bits per heavy atom. The molecule has 1 N–H and O–H groups in total. The Hall–Kier alpha value is -1.62. The molecular weight excluding hydrogens is 254 g/mol. The van der Waals surface area contributed by atoms with Gasteiger partial charge in [0.1, 0.15) is 5.56 Å². The number of aromatic nitrogens is 1. The number of aromatic carboxylic acids is 1. The number of carboxylic acids is 1. The van der Waals surface area contributed by atoms with Crippen LogP contribution in [0.15, 0.2) is 6.07 Å². The van der Waals surface area contributed by atoms with Crippen LogP contribution < -0.4 is 4.90 Å². The molecule has 110 valence electrons. The lowest BCUT2D eigenvalue weighted by molar-refractivity contribution is 0.0696. The third kappa shape index (κ3) is 2.93. The summed E-state index contributed by atoms with van der Waals surface area (Å²) >= 11 is 0. The highest BCUT2D eigenvalue weighted by Crippen LogP contribution is 2.27. The number of nitrogens with zero attached hydrogens (tertiary/aromatic N) is 3. The highest BCUT2D eigenvalue weighted by Gasteiger charge is 2.25. The third-order valence-electron chi connectivity index (χ3n) is 3.88. The van der Waals surface area contributed by atoms with E-state index >= 15 is 0 Å². The molecule has 0 aliphatic carbocycles. The average Bonchev–Trinajstić information content (AvgIpc) is 2.48. The van der Waals surface area contributed by atoms with E-state index in [4.69, 9.17) is 0 Å². The number of carboxylic acid groups (broad SMARTS) is 1. The quantitative estimate of drug-likeness (QED) is 0.895. The highest BCUT2D eigenvalue weighted by molar-refractivity contribution is 5.95. The van der Waals surface area contributed by atoms with Crippen molar-refractivity contribution in [2.75, 3.05) is 31.6 Å². The predicted octanol–water partition coefficient (Wildman–Crippen LogP) is 1.93. The van der Waals surface area contributed by atoms with E-state index in [0.29, 0.717) is 17.3 Å². The largest absolute Gasteiger partial charge is 0.478 e. The third-order valence-corrected chi connectivity index (χ3v) is 3.88. The van der Waals surface area contributed by atoms with Gasteiger partial charge in [-0.15, -0.1) is 0 Å². The lowest BCUT2D eigenvalue weighted by Crippen LogP contribution is -2.39. The maximum atomic E-state index is 11.6. The number of carbonyl (C=O) groups is 1. The Morgan fingerprint density at radius 2 is 2.10 bits per heavy atom. The maximum absolute atomic E-state index is 11.6. The predicted molar refractivity (Wildman–Crippen MR) is 79.6 cm³/mol. The minimum absolute atomic E-state index is 0.293. The number of likely N-dealkylation sites (N-methyl/N-ethyl adjacent to an activating group) is 1. The Bertz CT molecular complexity index is 516. The number of hydrogen-bond acceptors (Lipinski definition) is 4. The molecule has 0 spiro atoms. The summed E-state index contributed by atoms with van der Waals surface area (Å²) in [6.07, 6.45) is 1.04. The molecule has 2 heterocycles. The summed E-state index contributed by atoms with van der Waals surface area (Å²) in [5, 5.41) is 9.50. The van der Waals surface area contributed by atoms with Gasteiger partial charge < -0.3 is 14.9 Å². The first-order valence-electron chi connectivity index (χ1n) is 7.07. The second-order valence-electron chi connectivity index (χ2n) is 5.71. The molecule has 2 rings (SSSR count). The maximum Gasteiger partial charge on any atom is 0.339 e. The zero-order valence-electron chi connectivity index (χ0n) is 12.7. The molecule has 0 saturated carbocycles. The van der Waals surface area contributed by atoms with Gasteiger partial charge in [-0.1, -0.05) is 0 Å². The van der Waals surface area contributed by atoms with E-state index in [1.54, 1.807) is 6.92 Å². The molecule has 5 heteroatoms. The number of hydrogen-bond donors (Lipinski definition) is 1. The first kappa shape index (κ1) is 14.8. The lowest BCUT2D eigenvalue weighted by atomic mass is 10.1. The molecule has 0 radical (unpaired) electrons. The Kier molecular flexibility index (Phi) is 4.28. The summed E-state index contributed by atoms with van der Waals surface area (Å²) in [7, 11) is 2.11. The number of rotatable bonds is 2. The first-order valence-corrected chi connectivity index (χ1v) is 7.07. The van der Waals surface area contributed by atoms with Crippen molar-refractivity contribution in [1.29, 1.82) is 0 Å². The number of aryl methyl sites for hydroxylation is 2. The van der Waals surface area contributed by atoms with E-state index in [-0.39, 0.29) is 0 Å². The molecule has 1 aromatic rings. The average molecular weight is 277 g/mol. The molecular formula is C15H23N3O2. The van der Waals surface area contributed by atoms with Gasteiger partial charge in [-0.2, -0.15) is 0 Å². The smallest absolute Gasteiger partial charge is 0.339 e. The van der Waals surface area contributed by atoms with E-state index in [0.717, 1.165) is 37.4 Å². The molecule has 1 fully saturated rings. The topological polar surface area (TPSA) is 56.7 Å². The van der Waals surface area contributed by atoms with Gasteiger partial charge in [0.25, 0.3) is 0 Å². The Morgan fingerprint density at radius 1 is 1.40 bits per heavy atom. The Balaban J connectivity index is 2.47. The van der Waals surface area contributed by atoms with Crippen LogP contribution >= 0.6 is 0 Å². The van der Waals surface area contributed by atoms with E-state index in [1.165, 1.54) is 0 Å². The summed E-state index contributed by atoms with van der Waals surface area (Å²) in [5.41, 5.74) is 2.61. The summed E-state index contributed by atoms with van der Waals surface area (Å²) < 4.78 is 0. The van der Waals surface area contributed by atoms with Gasteiger partial charge in [-0.3, -0.25) is 4.98 Å². The fraction of sp³-hybridized carbons (Fsp3) is 0.600. The van der Waals surface area contributed by atoms with Crippen LogP contribution in [0.2, 0.25) is 0 Å². The lowest BCUT2D eigenvalue weighted by Gasteiger charge is -2.31. The van der Waals surface area contributed by atoms with E-state index in [2.05, 4.69) is 28.8 Å². The van der Waals surface area contributed by atoms with E-state index < -0.39 is 5.97 Å². The van der Waals surface area contributed by atoms with Gasteiger partial charge >= 0.3 is 5.97 Å². The van der Waals surface area contributed by atoms with Gasteiger partial charge in [-0.05, 0) is 46.9 Å². The van der Waals surface area contributed by atoms with Crippen LogP contribution in [-0.2, 0) is 0 Å². The normalized spacial score (nSPS) is 20.8. The molecule has 1 saturated heterocycles. The van der Waals surface area contributed by atoms with E-state index in [9.17, 15) is 9.90 Å². The Labute approximate surface area is 120 Å². The number of pyridine rings is 1. The van der Waals surface area contributed by atoms with Gasteiger partial charge in [0.05, 0.1) is 11.4 Å². The van der Waals surface area contributed by atoms with Crippen LogP contribution in [-0.4, -0.2) is 53.7 Å². The van der Waals surface area contributed by atoms with Crippen LogP contribution in [0.1, 0.15) is 35.1 Å². The van der Waals surface area contributed by atoms with Crippen molar-refractivity contribution in [1.82, 2.24) is 9.88 Å². The van der Waals surface area contributed by atoms with Gasteiger partial charge in [0, 0.05) is 24.8 Å². The minimum Gasteiger partial charge on any atom is -0.478 e. The van der Waals surface area contributed by atoms with Crippen molar-refractivity contribution in [2.45, 2.75) is 33.2 Å². The SMILES string of the molecule is Cc1cc(N2CCCN(C)CC2C)c(C(=O)O)c(C)n1. The molecule has 0 bridgehead atoms. The molecule has 1 aliphatic heterocycles. The number of anilines is 1. The van der Waals surface area contributed by atoms with Crippen molar-refractivity contribution >= 4 is 11.7 Å². The van der Waals surface area contributed by atoms with Crippen LogP contribution in [0, 0.1) is 13.8 Å². The van der Waals surface area contributed by atoms with Crippen molar-refractivity contribution in [3.8, 4) is 0 Å². The summed E-state index contributed by atoms with van der Waals surface area (Å²) in [4.78, 5) is 20.4. The molecule has 1 aliphatic rings. The van der Waals surface area contributed by atoms with Crippen LogP contribution in [0.25, 0.3) is 0 Å². The van der Waals surface area contributed by atoms with Crippen LogP contribution in [0.4, 0.5) is 5.69 Å². The van der Waals surface area contributed by atoms with Gasteiger partial charge in [0.15, 0.2) is 0 Å². The fourth-order valence-electron chi connectivity index (χ4n) is 3.03. The van der Waals surface area contributed by atoms with Gasteiger partial charge in [-0.25, -0.2) is 4.79 Å². The molecule has 5 nitrogen and oxygen atoms in total. The molecule has 20 heavy (non-hydrogen) atoms. The monoisotopic (exact) mass is 277 g/mol. The van der Waals surface area contributed by atoms with Crippen molar-refractivity contribution < 1.29 is 9.90 Å². The van der Waals surface area contributed by atoms with E-state index in [1.807, 2.05) is 13.0 Å². The highest BCUT2D eigenvalue weighted by atomic mass is 16.4. The summed E-state index contributed by atoms with van der Waals surface area (Å²) in [5.74, 6) is -0.894. The molecule has 1 aromatic heterocycles. The summed E-state index contributed by atoms with van der Waals surface area (Å²) in [6, 6.07) is 2.19. The zero-order chi connectivity index (χ0) is 14.9. The molecule has 1 atom stereocenters. The van der Waals surface area contributed by atoms with Crippen LogP contribution in [0.5, 0.6) is 0 Å². The molecule has 0 aromatic carbocycles. The molecule has 0 amide bonds. The van der Waals surface area contributed by atoms with Crippen molar-refractivity contribution in [2.24, 2.45) is 0 Å². The van der Waals surface area contributed by atoms with Gasteiger partial charge in [0.2, 0.25) is 0 Å².